The zero-order valence-electron chi connectivity index (χ0n) is 9.13. The average Bonchev–Trinajstić information content (AvgIpc) is 2.90. The molecule has 0 saturated carbocycles. The van der Waals surface area contributed by atoms with Crippen LogP contribution in [0.3, 0.4) is 0 Å². The van der Waals surface area contributed by atoms with Gasteiger partial charge in [-0.25, -0.2) is 0 Å². The maximum absolute atomic E-state index is 5.34. The lowest BCUT2D eigenvalue weighted by Crippen LogP contribution is -1.74. The number of hydrogen-bond acceptors (Lipinski definition) is 2. The number of benzene rings is 2. The molecule has 0 aliphatic heterocycles. The molecule has 2 aromatic carbocycles. The first-order valence-corrected chi connectivity index (χ1v) is 5.42. The third-order valence-electron chi connectivity index (χ3n) is 2.58. The fourth-order valence-corrected chi connectivity index (χ4v) is 1.71. The predicted molar refractivity (Wildman–Crippen MR) is 66.2 cm³/mol. The van der Waals surface area contributed by atoms with Crippen LogP contribution in [0.5, 0.6) is 0 Å². The van der Waals surface area contributed by atoms with E-state index in [1.165, 1.54) is 0 Å². The molecule has 0 atom stereocenters. The van der Waals surface area contributed by atoms with Crippen LogP contribution < -0.4 is 0 Å². The van der Waals surface area contributed by atoms with Crippen LogP contribution >= 0.6 is 0 Å². The summed E-state index contributed by atoms with van der Waals surface area (Å²) in [5.74, 6) is 0.786. The SMILES string of the molecule is [c]1ccc(-c2cc(-c3ccccc3)on2)cc1. The Morgan fingerprint density at radius 2 is 1.65 bits per heavy atom. The van der Waals surface area contributed by atoms with Crippen molar-refractivity contribution in [2.75, 3.05) is 0 Å². The van der Waals surface area contributed by atoms with E-state index in [-0.39, 0.29) is 0 Å². The van der Waals surface area contributed by atoms with E-state index < -0.39 is 0 Å². The fraction of sp³-hybridized carbons (Fsp3) is 0. The minimum atomic E-state index is 0.786. The van der Waals surface area contributed by atoms with E-state index in [1.54, 1.807) is 0 Å². The van der Waals surface area contributed by atoms with Gasteiger partial charge in [0.1, 0.15) is 5.69 Å². The van der Waals surface area contributed by atoms with Crippen LogP contribution in [0.2, 0.25) is 0 Å². The van der Waals surface area contributed by atoms with E-state index >= 15 is 0 Å². The molecule has 1 aromatic heterocycles. The van der Waals surface area contributed by atoms with Crippen LogP contribution in [-0.2, 0) is 0 Å². The second-order valence-corrected chi connectivity index (χ2v) is 3.73. The zero-order valence-corrected chi connectivity index (χ0v) is 9.13. The van der Waals surface area contributed by atoms with Gasteiger partial charge in [0, 0.05) is 17.2 Å². The van der Waals surface area contributed by atoms with E-state index in [2.05, 4.69) is 11.2 Å². The smallest absolute Gasteiger partial charge is 0.167 e. The predicted octanol–water partition coefficient (Wildman–Crippen LogP) is 3.81. The number of nitrogens with zero attached hydrogens (tertiary/aromatic N) is 1. The molecule has 0 N–H and O–H groups in total. The summed E-state index contributed by atoms with van der Waals surface area (Å²) in [6.45, 7) is 0. The first-order chi connectivity index (χ1) is 8.43. The summed E-state index contributed by atoms with van der Waals surface area (Å²) in [6, 6.07) is 22.5. The van der Waals surface area contributed by atoms with Crippen molar-refractivity contribution in [3.8, 4) is 22.6 Å². The normalized spacial score (nSPS) is 10.4. The Morgan fingerprint density at radius 1 is 0.882 bits per heavy atom. The first-order valence-electron chi connectivity index (χ1n) is 5.42. The van der Waals surface area contributed by atoms with Crippen molar-refractivity contribution in [2.45, 2.75) is 0 Å². The molecule has 17 heavy (non-hydrogen) atoms. The van der Waals surface area contributed by atoms with Gasteiger partial charge in [-0.15, -0.1) is 0 Å². The number of aromatic nitrogens is 1. The molecule has 0 saturated heterocycles. The Labute approximate surface area is 99.5 Å². The summed E-state index contributed by atoms with van der Waals surface area (Å²) in [6.07, 6.45) is 0. The van der Waals surface area contributed by atoms with Gasteiger partial charge in [0.15, 0.2) is 5.76 Å². The summed E-state index contributed by atoms with van der Waals surface area (Å²) in [5.41, 5.74) is 2.92. The van der Waals surface area contributed by atoms with Gasteiger partial charge in [0.05, 0.1) is 0 Å². The number of rotatable bonds is 2. The molecule has 0 bridgehead atoms. The maximum Gasteiger partial charge on any atom is 0.167 e. The Kier molecular flexibility index (Phi) is 2.47. The standard InChI is InChI=1S/C15H10NO/c1-3-7-12(8-4-1)14-11-15(17-16-14)13-9-5-2-6-10-13/h2-11H. The highest BCUT2D eigenvalue weighted by Crippen LogP contribution is 2.25. The fourth-order valence-electron chi connectivity index (χ4n) is 1.71. The Bertz CT molecular complexity index is 545. The monoisotopic (exact) mass is 220 g/mol. The lowest BCUT2D eigenvalue weighted by molar-refractivity contribution is 0.435. The van der Waals surface area contributed by atoms with Crippen molar-refractivity contribution in [1.82, 2.24) is 5.16 Å². The van der Waals surface area contributed by atoms with Crippen LogP contribution in [0.15, 0.2) is 65.2 Å². The van der Waals surface area contributed by atoms with Crippen LogP contribution in [0.4, 0.5) is 0 Å². The minimum Gasteiger partial charge on any atom is -0.356 e. The molecule has 0 spiro atoms. The summed E-state index contributed by atoms with van der Waals surface area (Å²) in [7, 11) is 0. The van der Waals surface area contributed by atoms with Crippen LogP contribution in [0, 0.1) is 6.07 Å². The third-order valence-corrected chi connectivity index (χ3v) is 2.58. The lowest BCUT2D eigenvalue weighted by Gasteiger charge is -1.92. The number of hydrogen-bond donors (Lipinski definition) is 0. The van der Waals surface area contributed by atoms with E-state index in [1.807, 2.05) is 60.7 Å². The topological polar surface area (TPSA) is 26.0 Å². The maximum atomic E-state index is 5.34. The Morgan fingerprint density at radius 3 is 2.41 bits per heavy atom. The highest BCUT2D eigenvalue weighted by molar-refractivity contribution is 5.66. The van der Waals surface area contributed by atoms with Crippen LogP contribution in [0.1, 0.15) is 0 Å². The summed E-state index contributed by atoms with van der Waals surface area (Å²) >= 11 is 0. The average molecular weight is 220 g/mol. The quantitative estimate of drug-likeness (QED) is 0.656. The first kappa shape index (κ1) is 9.85. The van der Waals surface area contributed by atoms with E-state index in [4.69, 9.17) is 4.52 Å². The van der Waals surface area contributed by atoms with Gasteiger partial charge in [-0.2, -0.15) is 0 Å². The minimum absolute atomic E-state index is 0.786. The van der Waals surface area contributed by atoms with Crippen molar-refractivity contribution >= 4 is 0 Å². The molecule has 3 aromatic rings. The van der Waals surface area contributed by atoms with Crippen molar-refractivity contribution in [3.05, 3.63) is 66.7 Å². The van der Waals surface area contributed by atoms with Crippen molar-refractivity contribution < 1.29 is 4.52 Å². The third kappa shape index (κ3) is 1.97. The molecule has 0 aliphatic rings. The molecule has 0 unspecified atom stereocenters. The molecule has 1 heterocycles. The molecule has 0 amide bonds. The largest absolute Gasteiger partial charge is 0.356 e. The van der Waals surface area contributed by atoms with Gasteiger partial charge >= 0.3 is 0 Å². The molecule has 2 nitrogen and oxygen atoms in total. The molecular weight excluding hydrogens is 210 g/mol. The lowest BCUT2D eigenvalue weighted by atomic mass is 10.1. The molecule has 3 rings (SSSR count). The summed E-state index contributed by atoms with van der Waals surface area (Å²) < 4.78 is 5.34. The van der Waals surface area contributed by atoms with E-state index in [0.29, 0.717) is 0 Å². The van der Waals surface area contributed by atoms with Crippen molar-refractivity contribution in [2.24, 2.45) is 0 Å². The van der Waals surface area contributed by atoms with Crippen LogP contribution in [-0.4, -0.2) is 5.16 Å². The van der Waals surface area contributed by atoms with Gasteiger partial charge in [0.2, 0.25) is 0 Å². The Balaban J connectivity index is 1.99. The summed E-state index contributed by atoms with van der Waals surface area (Å²) in [4.78, 5) is 0. The highest BCUT2D eigenvalue weighted by atomic mass is 16.5. The van der Waals surface area contributed by atoms with E-state index in [0.717, 1.165) is 22.6 Å². The van der Waals surface area contributed by atoms with Gasteiger partial charge < -0.3 is 4.52 Å². The molecule has 0 fully saturated rings. The molecule has 1 radical (unpaired) electrons. The van der Waals surface area contributed by atoms with Crippen molar-refractivity contribution in [1.29, 1.82) is 0 Å². The van der Waals surface area contributed by atoms with Gasteiger partial charge in [-0.3, -0.25) is 0 Å². The highest BCUT2D eigenvalue weighted by Gasteiger charge is 2.07. The van der Waals surface area contributed by atoms with Crippen LogP contribution in [0.25, 0.3) is 22.6 Å². The van der Waals surface area contributed by atoms with Gasteiger partial charge in [0.25, 0.3) is 0 Å². The second kappa shape index (κ2) is 4.26. The summed E-state index contributed by atoms with van der Waals surface area (Å²) in [5, 5.41) is 4.07. The second-order valence-electron chi connectivity index (χ2n) is 3.73. The van der Waals surface area contributed by atoms with Crippen molar-refractivity contribution in [3.63, 3.8) is 0 Å². The Hall–Kier alpha value is -2.35. The van der Waals surface area contributed by atoms with E-state index in [9.17, 15) is 0 Å². The molecule has 2 heteroatoms. The molecule has 0 aliphatic carbocycles. The van der Waals surface area contributed by atoms with Gasteiger partial charge in [-0.05, 0) is 6.07 Å². The molecule has 81 valence electrons. The molecular formula is C15H10NO. The van der Waals surface area contributed by atoms with Gasteiger partial charge in [-0.1, -0.05) is 59.8 Å². The zero-order chi connectivity index (χ0) is 11.5.